The van der Waals surface area contributed by atoms with Gasteiger partial charge in [-0.05, 0) is 34.0 Å². The van der Waals surface area contributed by atoms with Crippen LogP contribution >= 0.6 is 15.9 Å². The maximum Gasteiger partial charge on any atom is 0.0732 e. The maximum atomic E-state index is 5.38. The summed E-state index contributed by atoms with van der Waals surface area (Å²) in [6, 6.07) is 2.00. The molecule has 0 N–H and O–H groups in total. The third-order valence-corrected chi connectivity index (χ3v) is 1.93. The van der Waals surface area contributed by atoms with Crippen LogP contribution in [-0.2, 0) is 11.3 Å². The van der Waals surface area contributed by atoms with Crippen molar-refractivity contribution in [2.24, 2.45) is 0 Å². The second-order valence-electron chi connectivity index (χ2n) is 2.64. The second kappa shape index (κ2) is 5.89. The van der Waals surface area contributed by atoms with Gasteiger partial charge in [-0.1, -0.05) is 6.08 Å². The van der Waals surface area contributed by atoms with E-state index < -0.39 is 0 Å². The van der Waals surface area contributed by atoms with Crippen LogP contribution in [0.1, 0.15) is 12.0 Å². The first kappa shape index (κ1) is 10.4. The van der Waals surface area contributed by atoms with Gasteiger partial charge in [-0.15, -0.1) is 6.58 Å². The Bertz CT molecular complexity index is 275. The molecule has 1 rings (SSSR count). The molecule has 2 nitrogen and oxygen atoms in total. The van der Waals surface area contributed by atoms with E-state index in [0.29, 0.717) is 6.61 Å². The monoisotopic (exact) mass is 241 g/mol. The molecule has 0 fully saturated rings. The van der Waals surface area contributed by atoms with Crippen LogP contribution in [0.5, 0.6) is 0 Å². The predicted octanol–water partition coefficient (Wildman–Crippen LogP) is 2.94. The third kappa shape index (κ3) is 4.20. The molecule has 0 saturated carbocycles. The highest BCUT2D eigenvalue weighted by molar-refractivity contribution is 9.10. The second-order valence-corrected chi connectivity index (χ2v) is 3.56. The lowest BCUT2D eigenvalue weighted by Crippen LogP contribution is -1.94. The highest BCUT2D eigenvalue weighted by Gasteiger charge is 1.94. The minimum absolute atomic E-state index is 0.611. The van der Waals surface area contributed by atoms with Gasteiger partial charge in [0, 0.05) is 16.9 Å². The van der Waals surface area contributed by atoms with E-state index in [1.54, 1.807) is 12.4 Å². The summed E-state index contributed by atoms with van der Waals surface area (Å²) in [7, 11) is 0. The van der Waals surface area contributed by atoms with Gasteiger partial charge in [0.25, 0.3) is 0 Å². The molecule has 0 amide bonds. The molecule has 1 heterocycles. The first-order valence-corrected chi connectivity index (χ1v) is 4.90. The van der Waals surface area contributed by atoms with Gasteiger partial charge in [0.05, 0.1) is 13.2 Å². The molecule has 0 bridgehead atoms. The SMILES string of the molecule is C=CCCOCc1cncc(Br)c1. The Morgan fingerprint density at radius 2 is 2.38 bits per heavy atom. The lowest BCUT2D eigenvalue weighted by atomic mass is 10.3. The van der Waals surface area contributed by atoms with Crippen molar-refractivity contribution in [3.63, 3.8) is 0 Å². The van der Waals surface area contributed by atoms with Crippen molar-refractivity contribution < 1.29 is 4.74 Å². The van der Waals surface area contributed by atoms with Crippen LogP contribution in [0.2, 0.25) is 0 Å². The fraction of sp³-hybridized carbons (Fsp3) is 0.300. The lowest BCUT2D eigenvalue weighted by Gasteiger charge is -2.02. The van der Waals surface area contributed by atoms with Gasteiger partial charge < -0.3 is 4.74 Å². The van der Waals surface area contributed by atoms with Gasteiger partial charge in [-0.2, -0.15) is 0 Å². The number of hydrogen-bond donors (Lipinski definition) is 0. The number of halogens is 1. The molecular weight excluding hydrogens is 230 g/mol. The average Bonchev–Trinajstić information content (AvgIpc) is 2.13. The number of hydrogen-bond acceptors (Lipinski definition) is 2. The van der Waals surface area contributed by atoms with Crippen LogP contribution in [0.25, 0.3) is 0 Å². The molecule has 0 aliphatic carbocycles. The Morgan fingerprint density at radius 3 is 3.08 bits per heavy atom. The van der Waals surface area contributed by atoms with Gasteiger partial charge in [-0.25, -0.2) is 0 Å². The highest BCUT2D eigenvalue weighted by atomic mass is 79.9. The summed E-state index contributed by atoms with van der Waals surface area (Å²) >= 11 is 3.35. The summed E-state index contributed by atoms with van der Waals surface area (Å²) in [6.45, 7) is 4.95. The Hall–Kier alpha value is -0.670. The summed E-state index contributed by atoms with van der Waals surface area (Å²) in [6.07, 6.45) is 6.30. The van der Waals surface area contributed by atoms with Crippen LogP contribution in [0.3, 0.4) is 0 Å². The smallest absolute Gasteiger partial charge is 0.0732 e. The number of pyridine rings is 1. The first-order chi connectivity index (χ1) is 6.33. The van der Waals surface area contributed by atoms with Gasteiger partial charge >= 0.3 is 0 Å². The first-order valence-electron chi connectivity index (χ1n) is 4.11. The fourth-order valence-corrected chi connectivity index (χ4v) is 1.30. The highest BCUT2D eigenvalue weighted by Crippen LogP contribution is 2.10. The van der Waals surface area contributed by atoms with E-state index in [-0.39, 0.29) is 0 Å². The van der Waals surface area contributed by atoms with E-state index in [1.807, 2.05) is 12.1 Å². The van der Waals surface area contributed by atoms with Crippen molar-refractivity contribution in [1.82, 2.24) is 4.98 Å². The van der Waals surface area contributed by atoms with Crippen LogP contribution in [0, 0.1) is 0 Å². The van der Waals surface area contributed by atoms with Crippen molar-refractivity contribution in [2.75, 3.05) is 6.61 Å². The van der Waals surface area contributed by atoms with Gasteiger partial charge in [0.1, 0.15) is 0 Å². The molecule has 3 heteroatoms. The molecular formula is C10H12BrNO. The number of nitrogens with zero attached hydrogens (tertiary/aromatic N) is 1. The van der Waals surface area contributed by atoms with E-state index in [9.17, 15) is 0 Å². The van der Waals surface area contributed by atoms with Crippen LogP contribution in [0.15, 0.2) is 35.6 Å². The molecule has 0 aliphatic rings. The molecule has 70 valence electrons. The number of aromatic nitrogens is 1. The summed E-state index contributed by atoms with van der Waals surface area (Å²) in [4.78, 5) is 4.04. The summed E-state index contributed by atoms with van der Waals surface area (Å²) in [5, 5.41) is 0. The molecule has 0 unspecified atom stereocenters. The van der Waals surface area contributed by atoms with Crippen LogP contribution < -0.4 is 0 Å². The maximum absolute atomic E-state index is 5.38. The largest absolute Gasteiger partial charge is 0.376 e. The molecule has 0 spiro atoms. The molecule has 0 radical (unpaired) electrons. The molecule has 1 aromatic heterocycles. The Kier molecular flexibility index (Phi) is 4.72. The normalized spacial score (nSPS) is 9.92. The van der Waals surface area contributed by atoms with E-state index >= 15 is 0 Å². The summed E-state index contributed by atoms with van der Waals surface area (Å²) in [5.41, 5.74) is 1.08. The standard InChI is InChI=1S/C10H12BrNO/c1-2-3-4-13-8-9-5-10(11)7-12-6-9/h2,5-7H,1,3-4,8H2. The zero-order valence-electron chi connectivity index (χ0n) is 7.37. The Balaban J connectivity index is 2.32. The van der Waals surface area contributed by atoms with Gasteiger partial charge in [0.15, 0.2) is 0 Å². The molecule has 0 aliphatic heterocycles. The van der Waals surface area contributed by atoms with Crippen molar-refractivity contribution >= 4 is 15.9 Å². The average molecular weight is 242 g/mol. The van der Waals surface area contributed by atoms with Crippen molar-refractivity contribution in [2.45, 2.75) is 13.0 Å². The predicted molar refractivity (Wildman–Crippen MR) is 56.4 cm³/mol. The number of rotatable bonds is 5. The van der Waals surface area contributed by atoms with Crippen molar-refractivity contribution in [3.8, 4) is 0 Å². The number of ether oxygens (including phenoxy) is 1. The molecule has 0 atom stereocenters. The van der Waals surface area contributed by atoms with E-state index in [0.717, 1.165) is 23.1 Å². The molecule has 1 aromatic rings. The minimum Gasteiger partial charge on any atom is -0.376 e. The molecule has 13 heavy (non-hydrogen) atoms. The van der Waals surface area contributed by atoms with Crippen LogP contribution in [0.4, 0.5) is 0 Å². The quantitative estimate of drug-likeness (QED) is 0.585. The van der Waals surface area contributed by atoms with Crippen molar-refractivity contribution in [3.05, 3.63) is 41.2 Å². The van der Waals surface area contributed by atoms with Crippen molar-refractivity contribution in [1.29, 1.82) is 0 Å². The topological polar surface area (TPSA) is 22.1 Å². The Morgan fingerprint density at radius 1 is 1.54 bits per heavy atom. The zero-order chi connectivity index (χ0) is 9.52. The lowest BCUT2D eigenvalue weighted by molar-refractivity contribution is 0.125. The van der Waals surface area contributed by atoms with E-state index in [4.69, 9.17) is 4.74 Å². The fourth-order valence-electron chi connectivity index (χ4n) is 0.891. The van der Waals surface area contributed by atoms with E-state index in [2.05, 4.69) is 27.5 Å². The van der Waals surface area contributed by atoms with Gasteiger partial charge in [-0.3, -0.25) is 4.98 Å². The summed E-state index contributed by atoms with van der Waals surface area (Å²) < 4.78 is 6.37. The zero-order valence-corrected chi connectivity index (χ0v) is 8.96. The van der Waals surface area contributed by atoms with E-state index in [1.165, 1.54) is 0 Å². The summed E-state index contributed by atoms with van der Waals surface area (Å²) in [5.74, 6) is 0. The molecule has 0 aromatic carbocycles. The third-order valence-electron chi connectivity index (χ3n) is 1.50. The Labute approximate surface area is 86.8 Å². The van der Waals surface area contributed by atoms with Crippen LogP contribution in [-0.4, -0.2) is 11.6 Å². The van der Waals surface area contributed by atoms with Gasteiger partial charge in [0.2, 0.25) is 0 Å². The minimum atomic E-state index is 0.611. The molecule has 0 saturated heterocycles.